The second-order valence-corrected chi connectivity index (χ2v) is 5.50. The van der Waals surface area contributed by atoms with Crippen LogP contribution in [0.3, 0.4) is 0 Å². The first-order valence-corrected chi connectivity index (χ1v) is 7.60. The van der Waals surface area contributed by atoms with Crippen molar-refractivity contribution >= 4 is 22.9 Å². The Balaban J connectivity index is 1.75. The standard InChI is InChI=1S/C15H13N3O4S/c1-21-11-6-3-2-5-10(11)16-13(19)9-18-15(20)22-14(17-18)12-7-4-8-23-12/h2-8H,9H2,1H3,(H,16,19). The van der Waals surface area contributed by atoms with Gasteiger partial charge in [-0.15, -0.1) is 16.4 Å². The van der Waals surface area contributed by atoms with Crippen molar-refractivity contribution in [3.05, 3.63) is 52.3 Å². The summed E-state index contributed by atoms with van der Waals surface area (Å²) in [6, 6.07) is 10.6. The molecule has 1 amide bonds. The minimum absolute atomic E-state index is 0.204. The molecule has 0 aliphatic heterocycles. The lowest BCUT2D eigenvalue weighted by atomic mass is 10.3. The normalized spacial score (nSPS) is 10.5. The van der Waals surface area contributed by atoms with Gasteiger partial charge in [0.05, 0.1) is 17.7 Å². The van der Waals surface area contributed by atoms with Crippen molar-refractivity contribution in [3.63, 3.8) is 0 Å². The molecule has 118 valence electrons. The molecule has 0 fully saturated rings. The summed E-state index contributed by atoms with van der Waals surface area (Å²) in [5.41, 5.74) is 0.523. The number of carbonyl (C=O) groups excluding carboxylic acids is 1. The van der Waals surface area contributed by atoms with E-state index in [-0.39, 0.29) is 12.4 Å². The van der Waals surface area contributed by atoms with Crippen molar-refractivity contribution in [1.29, 1.82) is 0 Å². The van der Waals surface area contributed by atoms with Gasteiger partial charge in [0, 0.05) is 0 Å². The Morgan fingerprint density at radius 2 is 2.17 bits per heavy atom. The number of amides is 1. The third kappa shape index (κ3) is 3.32. The molecule has 2 heterocycles. The second-order valence-electron chi connectivity index (χ2n) is 4.56. The van der Waals surface area contributed by atoms with E-state index in [4.69, 9.17) is 9.15 Å². The zero-order valence-corrected chi connectivity index (χ0v) is 13.0. The molecule has 0 saturated heterocycles. The number of methoxy groups -OCH3 is 1. The Morgan fingerprint density at radius 1 is 1.35 bits per heavy atom. The number of aromatic nitrogens is 2. The van der Waals surface area contributed by atoms with Crippen LogP contribution >= 0.6 is 11.3 Å². The quantitative estimate of drug-likeness (QED) is 0.774. The Morgan fingerprint density at radius 3 is 2.91 bits per heavy atom. The molecule has 7 nitrogen and oxygen atoms in total. The van der Waals surface area contributed by atoms with Gasteiger partial charge in [-0.3, -0.25) is 4.79 Å². The van der Waals surface area contributed by atoms with E-state index in [1.54, 1.807) is 30.3 Å². The monoisotopic (exact) mass is 331 g/mol. The first kappa shape index (κ1) is 15.0. The molecule has 0 unspecified atom stereocenters. The van der Waals surface area contributed by atoms with Gasteiger partial charge in [0.1, 0.15) is 12.3 Å². The maximum Gasteiger partial charge on any atom is 0.437 e. The van der Waals surface area contributed by atoms with E-state index in [0.29, 0.717) is 11.4 Å². The van der Waals surface area contributed by atoms with Crippen molar-refractivity contribution in [2.45, 2.75) is 6.54 Å². The predicted octanol–water partition coefficient (Wildman–Crippen LogP) is 2.21. The van der Waals surface area contributed by atoms with Crippen LogP contribution in [0.2, 0.25) is 0 Å². The fraction of sp³-hybridized carbons (Fsp3) is 0.133. The largest absolute Gasteiger partial charge is 0.495 e. The molecular formula is C15H13N3O4S. The first-order chi connectivity index (χ1) is 11.2. The lowest BCUT2D eigenvalue weighted by Crippen LogP contribution is -2.26. The SMILES string of the molecule is COc1ccccc1NC(=O)Cn1nc(-c2cccs2)oc1=O. The number of nitrogens with one attached hydrogen (secondary N) is 1. The number of anilines is 1. The summed E-state index contributed by atoms with van der Waals surface area (Å²) >= 11 is 1.40. The summed E-state index contributed by atoms with van der Waals surface area (Å²) in [5.74, 6) is -0.339. The third-order valence-electron chi connectivity index (χ3n) is 3.01. The van der Waals surface area contributed by atoms with Crippen LogP contribution in [0.4, 0.5) is 5.69 Å². The molecule has 0 aliphatic carbocycles. The highest BCUT2D eigenvalue weighted by Crippen LogP contribution is 2.23. The van der Waals surface area contributed by atoms with Gasteiger partial charge >= 0.3 is 5.76 Å². The maximum absolute atomic E-state index is 12.1. The van der Waals surface area contributed by atoms with Gasteiger partial charge in [-0.05, 0) is 23.6 Å². The van der Waals surface area contributed by atoms with Gasteiger partial charge in [0.25, 0.3) is 5.89 Å². The third-order valence-corrected chi connectivity index (χ3v) is 3.87. The molecule has 0 atom stereocenters. The van der Waals surface area contributed by atoms with Crippen molar-refractivity contribution < 1.29 is 13.9 Å². The van der Waals surface area contributed by atoms with E-state index >= 15 is 0 Å². The molecule has 2 aromatic heterocycles. The zero-order valence-electron chi connectivity index (χ0n) is 12.2. The highest BCUT2D eigenvalue weighted by molar-refractivity contribution is 7.13. The van der Waals surface area contributed by atoms with Crippen molar-refractivity contribution in [2.24, 2.45) is 0 Å². The summed E-state index contributed by atoms with van der Waals surface area (Å²) in [4.78, 5) is 24.6. The minimum Gasteiger partial charge on any atom is -0.495 e. The van der Waals surface area contributed by atoms with Gasteiger partial charge in [-0.2, -0.15) is 4.68 Å². The van der Waals surface area contributed by atoms with Crippen molar-refractivity contribution in [3.8, 4) is 16.5 Å². The number of para-hydroxylation sites is 2. The van der Waals surface area contributed by atoms with Gasteiger partial charge in [-0.1, -0.05) is 18.2 Å². The molecule has 8 heteroatoms. The van der Waals surface area contributed by atoms with E-state index < -0.39 is 11.7 Å². The summed E-state index contributed by atoms with van der Waals surface area (Å²) in [7, 11) is 1.51. The summed E-state index contributed by atoms with van der Waals surface area (Å²) < 4.78 is 11.2. The average molecular weight is 331 g/mol. The number of hydrogen-bond donors (Lipinski definition) is 1. The van der Waals surface area contributed by atoms with Crippen molar-refractivity contribution in [2.75, 3.05) is 12.4 Å². The number of nitrogens with zero attached hydrogens (tertiary/aromatic N) is 2. The molecule has 0 spiro atoms. The van der Waals surface area contributed by atoms with Crippen LogP contribution in [-0.4, -0.2) is 22.8 Å². The van der Waals surface area contributed by atoms with Gasteiger partial charge in [0.15, 0.2) is 0 Å². The highest BCUT2D eigenvalue weighted by atomic mass is 32.1. The molecule has 0 saturated carbocycles. The number of thiophene rings is 1. The van der Waals surface area contributed by atoms with E-state index in [1.165, 1.54) is 18.4 Å². The maximum atomic E-state index is 12.1. The van der Waals surface area contributed by atoms with Gasteiger partial charge < -0.3 is 14.5 Å². The summed E-state index contributed by atoms with van der Waals surface area (Å²) in [5, 5.41) is 8.56. The first-order valence-electron chi connectivity index (χ1n) is 6.72. The molecule has 0 bridgehead atoms. The summed E-state index contributed by atoms with van der Waals surface area (Å²) in [6.45, 7) is -0.244. The average Bonchev–Trinajstić information content (AvgIpc) is 3.18. The number of hydrogen-bond acceptors (Lipinski definition) is 6. The highest BCUT2D eigenvalue weighted by Gasteiger charge is 2.14. The van der Waals surface area contributed by atoms with Crippen LogP contribution in [0.25, 0.3) is 10.8 Å². The fourth-order valence-electron chi connectivity index (χ4n) is 1.98. The van der Waals surface area contributed by atoms with Crippen LogP contribution < -0.4 is 15.8 Å². The molecule has 0 aliphatic rings. The molecule has 1 N–H and O–H groups in total. The van der Waals surface area contributed by atoms with Crippen LogP contribution in [0.5, 0.6) is 5.75 Å². The molecule has 3 aromatic rings. The van der Waals surface area contributed by atoms with Gasteiger partial charge in [-0.25, -0.2) is 4.79 Å². The molecule has 3 rings (SSSR count). The second kappa shape index (κ2) is 6.49. The number of benzene rings is 1. The Labute approximate surface area is 135 Å². The number of rotatable bonds is 5. The minimum atomic E-state index is -0.677. The Hall–Kier alpha value is -2.87. The summed E-state index contributed by atoms with van der Waals surface area (Å²) in [6.07, 6.45) is 0. The number of ether oxygens (including phenoxy) is 1. The van der Waals surface area contributed by atoms with Gasteiger partial charge in [0.2, 0.25) is 5.91 Å². The fourth-order valence-corrected chi connectivity index (χ4v) is 2.62. The smallest absolute Gasteiger partial charge is 0.437 e. The van der Waals surface area contributed by atoms with Crippen molar-refractivity contribution in [1.82, 2.24) is 9.78 Å². The van der Waals surface area contributed by atoms with Crippen LogP contribution in [0, 0.1) is 0 Å². The molecular weight excluding hydrogens is 318 g/mol. The Bertz CT molecular complexity index is 867. The topological polar surface area (TPSA) is 86.4 Å². The van der Waals surface area contributed by atoms with E-state index in [2.05, 4.69) is 10.4 Å². The van der Waals surface area contributed by atoms with E-state index in [1.807, 2.05) is 11.4 Å². The van der Waals surface area contributed by atoms with E-state index in [0.717, 1.165) is 9.56 Å². The zero-order chi connectivity index (χ0) is 16.2. The van der Waals surface area contributed by atoms with Crippen LogP contribution in [0.1, 0.15) is 0 Å². The van der Waals surface area contributed by atoms with E-state index in [9.17, 15) is 9.59 Å². The Kier molecular flexibility index (Phi) is 4.24. The van der Waals surface area contributed by atoms with Crippen LogP contribution in [0.15, 0.2) is 51.0 Å². The molecule has 0 radical (unpaired) electrons. The molecule has 23 heavy (non-hydrogen) atoms. The lowest BCUT2D eigenvalue weighted by molar-refractivity contribution is -0.117. The molecule has 1 aromatic carbocycles. The predicted molar refractivity (Wildman–Crippen MR) is 85.7 cm³/mol. The number of carbonyl (C=O) groups is 1. The lowest BCUT2D eigenvalue weighted by Gasteiger charge is -2.09. The van der Waals surface area contributed by atoms with Crippen LogP contribution in [-0.2, 0) is 11.3 Å².